The summed E-state index contributed by atoms with van der Waals surface area (Å²) >= 11 is 2.10. The Labute approximate surface area is 91.4 Å². The lowest BCUT2D eigenvalue weighted by Crippen LogP contribution is -2.19. The van der Waals surface area contributed by atoms with Crippen molar-refractivity contribution in [1.29, 1.82) is 0 Å². The van der Waals surface area contributed by atoms with Crippen molar-refractivity contribution in [3.05, 3.63) is 35.9 Å². The van der Waals surface area contributed by atoms with Gasteiger partial charge in [0.05, 0.1) is 10.5 Å². The molecule has 1 unspecified atom stereocenters. The molecule has 70 valence electrons. The first-order valence-electron chi connectivity index (χ1n) is 3.98. The van der Waals surface area contributed by atoms with E-state index < -0.39 is 0 Å². The minimum Gasteiger partial charge on any atom is -0.383 e. The number of methoxy groups -OCH3 is 1. The Balaban J connectivity index is 2.68. The molecule has 0 N–H and O–H groups in total. The average Bonchev–Trinajstić information content (AvgIpc) is 2.18. The molecular formula is C10H11IO2. The molecule has 0 amide bonds. The zero-order chi connectivity index (χ0) is 9.68. The summed E-state index contributed by atoms with van der Waals surface area (Å²) in [7, 11) is 1.60. The first-order chi connectivity index (χ1) is 6.25. The van der Waals surface area contributed by atoms with Gasteiger partial charge in [0, 0.05) is 12.7 Å². The van der Waals surface area contributed by atoms with Gasteiger partial charge in [0.1, 0.15) is 0 Å². The lowest BCUT2D eigenvalue weighted by molar-refractivity contribution is 0.0952. The summed E-state index contributed by atoms with van der Waals surface area (Å²) < 4.78 is 4.83. The first-order valence-corrected chi connectivity index (χ1v) is 5.22. The van der Waals surface area contributed by atoms with Crippen molar-refractivity contribution in [3.63, 3.8) is 0 Å². The summed E-state index contributed by atoms with van der Waals surface area (Å²) in [4.78, 5) is 11.6. The summed E-state index contributed by atoms with van der Waals surface area (Å²) in [5, 5.41) is 0. The van der Waals surface area contributed by atoms with Crippen molar-refractivity contribution >= 4 is 28.4 Å². The van der Waals surface area contributed by atoms with Crippen LogP contribution in [0.5, 0.6) is 0 Å². The topological polar surface area (TPSA) is 26.3 Å². The van der Waals surface area contributed by atoms with Crippen LogP contribution in [0.15, 0.2) is 30.3 Å². The summed E-state index contributed by atoms with van der Waals surface area (Å²) in [6.45, 7) is 0.467. The molecule has 1 atom stereocenters. The largest absolute Gasteiger partial charge is 0.383 e. The summed E-state index contributed by atoms with van der Waals surface area (Å²) in [5.41, 5.74) is 0.749. The van der Waals surface area contributed by atoms with Gasteiger partial charge in [0.25, 0.3) is 0 Å². The van der Waals surface area contributed by atoms with E-state index in [-0.39, 0.29) is 9.71 Å². The van der Waals surface area contributed by atoms with Crippen LogP contribution in [0.4, 0.5) is 0 Å². The highest BCUT2D eigenvalue weighted by molar-refractivity contribution is 14.1. The second-order valence-corrected chi connectivity index (χ2v) is 4.16. The lowest BCUT2D eigenvalue weighted by Gasteiger charge is -2.06. The highest BCUT2D eigenvalue weighted by atomic mass is 127. The van der Waals surface area contributed by atoms with Gasteiger partial charge in [-0.1, -0.05) is 52.9 Å². The van der Waals surface area contributed by atoms with Crippen LogP contribution in [-0.2, 0) is 4.74 Å². The van der Waals surface area contributed by atoms with Crippen LogP contribution in [0.25, 0.3) is 0 Å². The molecule has 1 rings (SSSR count). The summed E-state index contributed by atoms with van der Waals surface area (Å²) in [6.07, 6.45) is 0. The van der Waals surface area contributed by atoms with Crippen LogP contribution in [0.2, 0.25) is 0 Å². The van der Waals surface area contributed by atoms with Crippen LogP contribution in [0.3, 0.4) is 0 Å². The van der Waals surface area contributed by atoms with E-state index in [0.29, 0.717) is 6.61 Å². The van der Waals surface area contributed by atoms with Crippen molar-refractivity contribution in [2.75, 3.05) is 13.7 Å². The van der Waals surface area contributed by atoms with Crippen LogP contribution < -0.4 is 0 Å². The molecule has 0 saturated heterocycles. The number of rotatable bonds is 4. The molecule has 13 heavy (non-hydrogen) atoms. The van der Waals surface area contributed by atoms with Gasteiger partial charge in [-0.3, -0.25) is 4.79 Å². The van der Waals surface area contributed by atoms with E-state index in [9.17, 15) is 4.79 Å². The van der Waals surface area contributed by atoms with E-state index in [4.69, 9.17) is 4.74 Å². The fourth-order valence-electron chi connectivity index (χ4n) is 1.01. The Kier molecular flexibility index (Phi) is 4.38. The second kappa shape index (κ2) is 5.34. The molecule has 0 aliphatic carbocycles. The van der Waals surface area contributed by atoms with E-state index in [1.807, 2.05) is 30.3 Å². The summed E-state index contributed by atoms with van der Waals surface area (Å²) in [6, 6.07) is 9.27. The van der Waals surface area contributed by atoms with E-state index in [1.54, 1.807) is 7.11 Å². The maximum absolute atomic E-state index is 11.6. The molecule has 1 aromatic carbocycles. The van der Waals surface area contributed by atoms with Gasteiger partial charge in [-0.25, -0.2) is 0 Å². The number of ether oxygens (including phenoxy) is 1. The maximum Gasteiger partial charge on any atom is 0.177 e. The average molecular weight is 290 g/mol. The van der Waals surface area contributed by atoms with E-state index >= 15 is 0 Å². The molecule has 0 saturated carbocycles. The third kappa shape index (κ3) is 3.08. The Morgan fingerprint density at radius 2 is 2.08 bits per heavy atom. The van der Waals surface area contributed by atoms with Gasteiger partial charge >= 0.3 is 0 Å². The van der Waals surface area contributed by atoms with Crippen molar-refractivity contribution in [3.8, 4) is 0 Å². The van der Waals surface area contributed by atoms with E-state index in [0.717, 1.165) is 5.56 Å². The molecule has 0 radical (unpaired) electrons. The standard InChI is InChI=1S/C10H11IO2/c1-13-7-9(11)10(12)8-5-3-2-4-6-8/h2-6,9H,7H2,1H3. The molecule has 0 spiro atoms. The lowest BCUT2D eigenvalue weighted by atomic mass is 10.1. The molecule has 0 bridgehead atoms. The molecule has 1 aromatic rings. The van der Waals surface area contributed by atoms with Crippen molar-refractivity contribution < 1.29 is 9.53 Å². The molecule has 0 aliphatic heterocycles. The van der Waals surface area contributed by atoms with Crippen LogP contribution in [0.1, 0.15) is 10.4 Å². The molecule has 3 heteroatoms. The number of halogens is 1. The van der Waals surface area contributed by atoms with Gasteiger partial charge in [-0.05, 0) is 0 Å². The Bertz CT molecular complexity index is 272. The van der Waals surface area contributed by atoms with E-state index in [1.165, 1.54) is 0 Å². The maximum atomic E-state index is 11.6. The number of benzene rings is 1. The molecule has 0 fully saturated rings. The van der Waals surface area contributed by atoms with Crippen molar-refractivity contribution in [1.82, 2.24) is 0 Å². The number of ketones is 1. The fourth-order valence-corrected chi connectivity index (χ4v) is 1.72. The molecule has 0 aromatic heterocycles. The van der Waals surface area contributed by atoms with Gasteiger partial charge in [0.15, 0.2) is 5.78 Å². The Morgan fingerprint density at radius 3 is 2.62 bits per heavy atom. The molecule has 2 nitrogen and oxygen atoms in total. The zero-order valence-corrected chi connectivity index (χ0v) is 9.52. The highest BCUT2D eigenvalue weighted by Crippen LogP contribution is 2.10. The van der Waals surface area contributed by atoms with Gasteiger partial charge in [-0.2, -0.15) is 0 Å². The molecular weight excluding hydrogens is 279 g/mol. The first kappa shape index (κ1) is 10.7. The number of carbonyl (C=O) groups excluding carboxylic acids is 1. The Hall–Kier alpha value is -0.420. The van der Waals surface area contributed by atoms with Crippen LogP contribution in [-0.4, -0.2) is 23.4 Å². The van der Waals surface area contributed by atoms with Crippen molar-refractivity contribution in [2.45, 2.75) is 3.92 Å². The number of Topliss-reactive ketones (excluding diaryl/α,β-unsaturated/α-hetero) is 1. The SMILES string of the molecule is COCC(I)C(=O)c1ccccc1. The quantitative estimate of drug-likeness (QED) is 0.483. The molecule has 0 heterocycles. The normalized spacial score (nSPS) is 12.5. The van der Waals surface area contributed by atoms with E-state index in [2.05, 4.69) is 22.6 Å². The third-order valence-corrected chi connectivity index (χ3v) is 2.58. The van der Waals surface area contributed by atoms with Gasteiger partial charge < -0.3 is 4.74 Å². The van der Waals surface area contributed by atoms with Crippen LogP contribution >= 0.6 is 22.6 Å². The number of alkyl halides is 1. The minimum atomic E-state index is -0.0926. The number of hydrogen-bond acceptors (Lipinski definition) is 2. The smallest absolute Gasteiger partial charge is 0.177 e. The predicted octanol–water partition coefficient (Wildman–Crippen LogP) is 2.32. The third-order valence-electron chi connectivity index (χ3n) is 1.66. The monoisotopic (exact) mass is 290 g/mol. The zero-order valence-electron chi connectivity index (χ0n) is 7.37. The van der Waals surface area contributed by atoms with Gasteiger partial charge in [-0.15, -0.1) is 0 Å². The number of carbonyl (C=O) groups is 1. The highest BCUT2D eigenvalue weighted by Gasteiger charge is 2.15. The number of hydrogen-bond donors (Lipinski definition) is 0. The predicted molar refractivity (Wildman–Crippen MR) is 60.5 cm³/mol. The second-order valence-electron chi connectivity index (χ2n) is 2.65. The van der Waals surface area contributed by atoms with Crippen LogP contribution in [0, 0.1) is 0 Å². The minimum absolute atomic E-state index is 0.0926. The molecule has 0 aliphatic rings. The van der Waals surface area contributed by atoms with Gasteiger partial charge in [0.2, 0.25) is 0 Å². The fraction of sp³-hybridized carbons (Fsp3) is 0.300. The summed E-state index contributed by atoms with van der Waals surface area (Å²) in [5.74, 6) is 0.128. The van der Waals surface area contributed by atoms with Crippen molar-refractivity contribution in [2.24, 2.45) is 0 Å². The Morgan fingerprint density at radius 1 is 1.46 bits per heavy atom.